The Morgan fingerprint density at radius 3 is 2.95 bits per heavy atom. The van der Waals surface area contributed by atoms with Crippen LogP contribution in [0.15, 0.2) is 42.5 Å². The number of carbonyl (C=O) groups is 1. The first-order chi connectivity index (χ1) is 9.63. The summed E-state index contributed by atoms with van der Waals surface area (Å²) in [5.41, 5.74) is 2.65. The van der Waals surface area contributed by atoms with Crippen molar-refractivity contribution in [3.8, 4) is 0 Å². The van der Waals surface area contributed by atoms with Crippen molar-refractivity contribution in [3.05, 3.63) is 65.0 Å². The highest BCUT2D eigenvalue weighted by molar-refractivity contribution is 6.61. The molecule has 0 radical (unpaired) electrons. The van der Waals surface area contributed by atoms with Crippen LogP contribution in [0.25, 0.3) is 0 Å². The smallest absolute Gasteiger partial charge is 0.423 e. The summed E-state index contributed by atoms with van der Waals surface area (Å²) in [5, 5.41) is 9.63. The molecule has 5 heteroatoms. The SMILES string of the molecule is O=C(Cc1cccc(F)c1)c1ccc2c(c1)B(O)OC2. The molecule has 1 N–H and O–H groups in total. The monoisotopic (exact) mass is 270 g/mol. The van der Waals surface area contributed by atoms with Gasteiger partial charge in [0.15, 0.2) is 5.78 Å². The van der Waals surface area contributed by atoms with E-state index in [4.69, 9.17) is 4.65 Å². The van der Waals surface area contributed by atoms with Gasteiger partial charge in [0.2, 0.25) is 0 Å². The van der Waals surface area contributed by atoms with Gasteiger partial charge in [-0.05, 0) is 28.7 Å². The number of hydrogen-bond donors (Lipinski definition) is 1. The second kappa shape index (κ2) is 5.19. The molecule has 0 saturated carbocycles. The van der Waals surface area contributed by atoms with Crippen LogP contribution in [0.2, 0.25) is 0 Å². The molecule has 100 valence electrons. The van der Waals surface area contributed by atoms with E-state index >= 15 is 0 Å². The Labute approximate surface area is 116 Å². The first-order valence-corrected chi connectivity index (χ1v) is 6.33. The van der Waals surface area contributed by atoms with Crippen LogP contribution in [0, 0.1) is 5.82 Å². The van der Waals surface area contributed by atoms with Crippen LogP contribution in [-0.4, -0.2) is 17.9 Å². The second-order valence-corrected chi connectivity index (χ2v) is 4.81. The van der Waals surface area contributed by atoms with Crippen LogP contribution in [-0.2, 0) is 17.7 Å². The third-order valence-electron chi connectivity index (χ3n) is 3.38. The van der Waals surface area contributed by atoms with Crippen molar-refractivity contribution in [1.29, 1.82) is 0 Å². The zero-order valence-electron chi connectivity index (χ0n) is 10.7. The molecule has 0 atom stereocenters. The van der Waals surface area contributed by atoms with Crippen LogP contribution in [0.5, 0.6) is 0 Å². The molecule has 3 rings (SSSR count). The highest BCUT2D eigenvalue weighted by Gasteiger charge is 2.27. The van der Waals surface area contributed by atoms with Gasteiger partial charge in [-0.1, -0.05) is 30.3 Å². The van der Waals surface area contributed by atoms with Gasteiger partial charge in [0.1, 0.15) is 5.82 Å². The van der Waals surface area contributed by atoms with Gasteiger partial charge in [-0.2, -0.15) is 0 Å². The Balaban J connectivity index is 1.83. The van der Waals surface area contributed by atoms with Crippen molar-refractivity contribution in [2.45, 2.75) is 13.0 Å². The van der Waals surface area contributed by atoms with Gasteiger partial charge < -0.3 is 9.68 Å². The minimum absolute atomic E-state index is 0.113. The Morgan fingerprint density at radius 1 is 1.30 bits per heavy atom. The number of halogens is 1. The van der Waals surface area contributed by atoms with Crippen molar-refractivity contribution in [1.82, 2.24) is 0 Å². The third kappa shape index (κ3) is 2.50. The maximum absolute atomic E-state index is 13.1. The topological polar surface area (TPSA) is 46.5 Å². The highest BCUT2D eigenvalue weighted by Crippen LogP contribution is 2.14. The maximum atomic E-state index is 13.1. The summed E-state index contributed by atoms with van der Waals surface area (Å²) in [6.45, 7) is 0.356. The van der Waals surface area contributed by atoms with E-state index in [0.717, 1.165) is 5.56 Å². The Hall–Kier alpha value is -1.98. The molecule has 0 aliphatic carbocycles. The normalized spacial score (nSPS) is 13.4. The highest BCUT2D eigenvalue weighted by atomic mass is 19.1. The summed E-state index contributed by atoms with van der Waals surface area (Å²) in [4.78, 5) is 12.2. The summed E-state index contributed by atoms with van der Waals surface area (Å²) in [7, 11) is -0.966. The van der Waals surface area contributed by atoms with E-state index in [1.54, 1.807) is 30.3 Å². The molecule has 3 nitrogen and oxygen atoms in total. The van der Waals surface area contributed by atoms with Gasteiger partial charge in [-0.15, -0.1) is 0 Å². The standard InChI is InChI=1S/C15H12BFO3/c17-13-3-1-2-10(6-13)7-15(18)11-4-5-12-9-20-16(19)14(12)8-11/h1-6,8,19H,7,9H2. The van der Waals surface area contributed by atoms with E-state index in [0.29, 0.717) is 23.2 Å². The van der Waals surface area contributed by atoms with Gasteiger partial charge in [0.25, 0.3) is 0 Å². The molecule has 0 aromatic heterocycles. The number of ketones is 1. The predicted octanol–water partition coefficient (Wildman–Crippen LogP) is 1.47. The zero-order chi connectivity index (χ0) is 14.1. The molecule has 20 heavy (non-hydrogen) atoms. The van der Waals surface area contributed by atoms with Gasteiger partial charge in [0, 0.05) is 12.0 Å². The zero-order valence-corrected chi connectivity index (χ0v) is 10.7. The maximum Gasteiger partial charge on any atom is 0.491 e. The minimum Gasteiger partial charge on any atom is -0.423 e. The van der Waals surface area contributed by atoms with E-state index in [1.165, 1.54) is 12.1 Å². The second-order valence-electron chi connectivity index (χ2n) is 4.81. The summed E-state index contributed by atoms with van der Waals surface area (Å²) < 4.78 is 18.2. The van der Waals surface area contributed by atoms with Crippen molar-refractivity contribution in [2.75, 3.05) is 0 Å². The van der Waals surface area contributed by atoms with Crippen molar-refractivity contribution >= 4 is 18.4 Å². The number of carbonyl (C=O) groups excluding carboxylic acids is 1. The molecule has 2 aromatic carbocycles. The fourth-order valence-electron chi connectivity index (χ4n) is 2.32. The molecular weight excluding hydrogens is 258 g/mol. The first kappa shape index (κ1) is 13.0. The van der Waals surface area contributed by atoms with E-state index in [-0.39, 0.29) is 18.0 Å². The van der Waals surface area contributed by atoms with Gasteiger partial charge in [-0.3, -0.25) is 4.79 Å². The molecule has 0 saturated heterocycles. The van der Waals surface area contributed by atoms with Crippen LogP contribution in [0.1, 0.15) is 21.5 Å². The minimum atomic E-state index is -0.966. The summed E-state index contributed by atoms with van der Waals surface area (Å²) >= 11 is 0. The molecule has 0 fully saturated rings. The van der Waals surface area contributed by atoms with E-state index < -0.39 is 7.12 Å². The van der Waals surface area contributed by atoms with E-state index in [1.807, 2.05) is 0 Å². The van der Waals surface area contributed by atoms with Crippen LogP contribution >= 0.6 is 0 Å². The Bertz CT molecular complexity index is 672. The Kier molecular flexibility index (Phi) is 3.38. The van der Waals surface area contributed by atoms with E-state index in [9.17, 15) is 14.2 Å². The van der Waals surface area contributed by atoms with Gasteiger partial charge >= 0.3 is 7.12 Å². The number of Topliss-reactive ketones (excluding diaryl/α,β-unsaturated/α-hetero) is 1. The fraction of sp³-hybridized carbons (Fsp3) is 0.133. The number of rotatable bonds is 3. The average Bonchev–Trinajstić information content (AvgIpc) is 2.80. The first-order valence-electron chi connectivity index (χ1n) is 6.33. The van der Waals surface area contributed by atoms with Crippen molar-refractivity contribution in [2.24, 2.45) is 0 Å². The van der Waals surface area contributed by atoms with E-state index in [2.05, 4.69) is 0 Å². The fourth-order valence-corrected chi connectivity index (χ4v) is 2.32. The van der Waals surface area contributed by atoms with Crippen LogP contribution in [0.4, 0.5) is 4.39 Å². The molecule has 0 spiro atoms. The molecule has 1 heterocycles. The molecular formula is C15H12BFO3. The quantitative estimate of drug-likeness (QED) is 0.678. The molecule has 1 aliphatic heterocycles. The van der Waals surface area contributed by atoms with Gasteiger partial charge in [0.05, 0.1) is 6.61 Å². The molecule has 0 amide bonds. The molecule has 2 aromatic rings. The molecule has 0 unspecified atom stereocenters. The lowest BCUT2D eigenvalue weighted by atomic mass is 9.78. The summed E-state index contributed by atoms with van der Waals surface area (Å²) in [6.07, 6.45) is 0.132. The number of hydrogen-bond acceptors (Lipinski definition) is 3. The largest absolute Gasteiger partial charge is 0.491 e. The van der Waals surface area contributed by atoms with Crippen molar-refractivity contribution in [3.63, 3.8) is 0 Å². The summed E-state index contributed by atoms with van der Waals surface area (Å²) in [6, 6.07) is 11.1. The lowest BCUT2D eigenvalue weighted by Gasteiger charge is -2.04. The lowest BCUT2D eigenvalue weighted by Crippen LogP contribution is -2.28. The van der Waals surface area contributed by atoms with Gasteiger partial charge in [-0.25, -0.2) is 4.39 Å². The summed E-state index contributed by atoms with van der Waals surface area (Å²) in [5.74, 6) is -0.467. The number of fused-ring (bicyclic) bond motifs is 1. The number of benzene rings is 2. The van der Waals surface area contributed by atoms with Crippen molar-refractivity contribution < 1.29 is 18.9 Å². The molecule has 1 aliphatic rings. The van der Waals surface area contributed by atoms with Crippen LogP contribution < -0.4 is 5.46 Å². The third-order valence-corrected chi connectivity index (χ3v) is 3.38. The Morgan fingerprint density at radius 2 is 2.15 bits per heavy atom. The average molecular weight is 270 g/mol. The molecule has 0 bridgehead atoms. The van der Waals surface area contributed by atoms with Crippen LogP contribution in [0.3, 0.4) is 0 Å². The lowest BCUT2D eigenvalue weighted by molar-refractivity contribution is 0.0993. The predicted molar refractivity (Wildman–Crippen MR) is 73.3 cm³/mol.